The molecule has 0 aliphatic rings. The molecule has 1 aromatic rings. The molecule has 0 unspecified atom stereocenters. The van der Waals surface area contributed by atoms with E-state index in [9.17, 15) is 4.79 Å². The van der Waals surface area contributed by atoms with E-state index in [1.807, 2.05) is 0 Å². The van der Waals surface area contributed by atoms with Crippen LogP contribution in [0.15, 0.2) is 16.7 Å². The van der Waals surface area contributed by atoms with Crippen LogP contribution < -0.4 is 0 Å². The Labute approximate surface area is 86.3 Å². The van der Waals surface area contributed by atoms with Gasteiger partial charge in [0.1, 0.15) is 5.69 Å². The zero-order chi connectivity index (χ0) is 9.84. The van der Waals surface area contributed by atoms with Gasteiger partial charge in [0.05, 0.1) is 0 Å². The van der Waals surface area contributed by atoms with Crippen LogP contribution in [0.2, 0.25) is 0 Å². The average Bonchev–Trinajstić information content (AvgIpc) is 2.51. The summed E-state index contributed by atoms with van der Waals surface area (Å²) in [5, 5.41) is 0. The number of carbonyl (C=O) groups is 1. The Bertz CT molecular complexity index is 296. The normalized spacial score (nSPS) is 10.1. The van der Waals surface area contributed by atoms with Gasteiger partial charge < -0.3 is 9.88 Å². The van der Waals surface area contributed by atoms with Crippen molar-refractivity contribution in [2.75, 3.05) is 13.6 Å². The molecule has 1 rings (SSSR count). The van der Waals surface area contributed by atoms with Gasteiger partial charge in [-0.25, -0.2) is 0 Å². The van der Waals surface area contributed by atoms with Crippen molar-refractivity contribution in [3.05, 3.63) is 22.4 Å². The van der Waals surface area contributed by atoms with E-state index in [2.05, 4.69) is 27.8 Å². The van der Waals surface area contributed by atoms with Crippen LogP contribution in [-0.4, -0.2) is 29.4 Å². The molecule has 0 saturated carbocycles. The predicted molar refractivity (Wildman–Crippen MR) is 55.7 cm³/mol. The fourth-order valence-electron chi connectivity index (χ4n) is 1.13. The SMILES string of the molecule is CCCN(C)C(=O)c1cc(Br)c[nH]1. The highest BCUT2D eigenvalue weighted by Gasteiger charge is 2.11. The summed E-state index contributed by atoms with van der Waals surface area (Å²) in [5.41, 5.74) is 0.628. The van der Waals surface area contributed by atoms with Crippen molar-refractivity contribution in [2.45, 2.75) is 13.3 Å². The van der Waals surface area contributed by atoms with Crippen LogP contribution >= 0.6 is 15.9 Å². The summed E-state index contributed by atoms with van der Waals surface area (Å²) in [6, 6.07) is 1.79. The maximum atomic E-state index is 11.6. The largest absolute Gasteiger partial charge is 0.356 e. The van der Waals surface area contributed by atoms with E-state index in [1.165, 1.54) is 0 Å². The van der Waals surface area contributed by atoms with Crippen LogP contribution in [0.5, 0.6) is 0 Å². The zero-order valence-corrected chi connectivity index (χ0v) is 9.39. The molecule has 0 fully saturated rings. The van der Waals surface area contributed by atoms with Crippen LogP contribution in [0, 0.1) is 0 Å². The number of H-pyrrole nitrogens is 1. The molecule has 1 amide bonds. The molecule has 72 valence electrons. The van der Waals surface area contributed by atoms with E-state index < -0.39 is 0 Å². The lowest BCUT2D eigenvalue weighted by atomic mass is 10.3. The molecule has 0 radical (unpaired) electrons. The van der Waals surface area contributed by atoms with Gasteiger partial charge >= 0.3 is 0 Å². The highest BCUT2D eigenvalue weighted by molar-refractivity contribution is 9.10. The molecule has 0 aliphatic heterocycles. The third kappa shape index (κ3) is 2.59. The van der Waals surface area contributed by atoms with Gasteiger partial charge in [0, 0.05) is 24.3 Å². The number of nitrogens with zero attached hydrogens (tertiary/aromatic N) is 1. The molecule has 0 saturated heterocycles. The highest BCUT2D eigenvalue weighted by Crippen LogP contribution is 2.11. The van der Waals surface area contributed by atoms with E-state index in [0.29, 0.717) is 5.69 Å². The van der Waals surface area contributed by atoms with Crippen molar-refractivity contribution in [3.8, 4) is 0 Å². The molecule has 1 aromatic heterocycles. The lowest BCUT2D eigenvalue weighted by molar-refractivity contribution is 0.0790. The molecule has 0 bridgehead atoms. The predicted octanol–water partition coefficient (Wildman–Crippen LogP) is 2.26. The molecule has 0 aromatic carbocycles. The Morgan fingerprint density at radius 3 is 2.85 bits per heavy atom. The zero-order valence-electron chi connectivity index (χ0n) is 7.80. The van der Waals surface area contributed by atoms with Crippen molar-refractivity contribution in [3.63, 3.8) is 0 Å². The Hall–Kier alpha value is -0.770. The monoisotopic (exact) mass is 244 g/mol. The van der Waals surface area contributed by atoms with Crippen LogP contribution in [-0.2, 0) is 0 Å². The van der Waals surface area contributed by atoms with Gasteiger partial charge in [-0.2, -0.15) is 0 Å². The van der Waals surface area contributed by atoms with Crippen LogP contribution in [0.4, 0.5) is 0 Å². The van der Waals surface area contributed by atoms with Crippen molar-refractivity contribution < 1.29 is 4.79 Å². The van der Waals surface area contributed by atoms with Gasteiger partial charge in [-0.15, -0.1) is 0 Å². The Morgan fingerprint density at radius 1 is 1.69 bits per heavy atom. The van der Waals surface area contributed by atoms with E-state index >= 15 is 0 Å². The van der Waals surface area contributed by atoms with Gasteiger partial charge in [0.15, 0.2) is 0 Å². The number of hydrogen-bond donors (Lipinski definition) is 1. The minimum Gasteiger partial charge on any atom is -0.356 e. The van der Waals surface area contributed by atoms with Crippen molar-refractivity contribution in [2.24, 2.45) is 0 Å². The molecule has 3 nitrogen and oxygen atoms in total. The topological polar surface area (TPSA) is 36.1 Å². The third-order valence-electron chi connectivity index (χ3n) is 1.78. The van der Waals surface area contributed by atoms with Crippen LogP contribution in [0.25, 0.3) is 0 Å². The molecule has 1 heterocycles. The van der Waals surface area contributed by atoms with Crippen molar-refractivity contribution >= 4 is 21.8 Å². The Balaban J connectivity index is 2.67. The molecular weight excluding hydrogens is 232 g/mol. The number of halogens is 1. The van der Waals surface area contributed by atoms with E-state index in [-0.39, 0.29) is 5.91 Å². The lowest BCUT2D eigenvalue weighted by Crippen LogP contribution is -2.27. The minimum absolute atomic E-state index is 0.0348. The van der Waals surface area contributed by atoms with Gasteiger partial charge in [-0.3, -0.25) is 4.79 Å². The van der Waals surface area contributed by atoms with Crippen molar-refractivity contribution in [1.29, 1.82) is 0 Å². The smallest absolute Gasteiger partial charge is 0.270 e. The maximum Gasteiger partial charge on any atom is 0.270 e. The first-order valence-corrected chi connectivity index (χ1v) is 5.03. The number of nitrogens with one attached hydrogen (secondary N) is 1. The third-order valence-corrected chi connectivity index (χ3v) is 2.24. The summed E-state index contributed by atoms with van der Waals surface area (Å²) in [6.45, 7) is 2.84. The standard InChI is InChI=1S/C9H13BrN2O/c1-3-4-12(2)9(13)8-5-7(10)6-11-8/h5-6,11H,3-4H2,1-2H3. The second-order valence-electron chi connectivity index (χ2n) is 2.96. The van der Waals surface area contributed by atoms with Crippen LogP contribution in [0.1, 0.15) is 23.8 Å². The summed E-state index contributed by atoms with van der Waals surface area (Å²) < 4.78 is 0.903. The van der Waals surface area contributed by atoms with E-state index in [0.717, 1.165) is 17.4 Å². The minimum atomic E-state index is 0.0348. The first-order chi connectivity index (χ1) is 6.15. The summed E-state index contributed by atoms with van der Waals surface area (Å²) in [6.07, 6.45) is 2.73. The second kappa shape index (κ2) is 4.46. The first-order valence-electron chi connectivity index (χ1n) is 4.24. The first kappa shape index (κ1) is 10.3. The number of carbonyl (C=O) groups excluding carboxylic acids is 1. The van der Waals surface area contributed by atoms with Crippen molar-refractivity contribution in [1.82, 2.24) is 9.88 Å². The number of amides is 1. The fourth-order valence-corrected chi connectivity index (χ4v) is 1.48. The summed E-state index contributed by atoms with van der Waals surface area (Å²) >= 11 is 3.29. The second-order valence-corrected chi connectivity index (χ2v) is 3.87. The van der Waals surface area contributed by atoms with Gasteiger partial charge in [0.2, 0.25) is 0 Å². The van der Waals surface area contributed by atoms with E-state index in [1.54, 1.807) is 24.2 Å². The van der Waals surface area contributed by atoms with Gasteiger partial charge in [0.25, 0.3) is 5.91 Å². The molecular formula is C9H13BrN2O. The Kier molecular flexibility index (Phi) is 3.54. The van der Waals surface area contributed by atoms with Gasteiger partial charge in [-0.05, 0) is 28.4 Å². The molecule has 0 spiro atoms. The number of rotatable bonds is 3. The number of aromatic amines is 1. The molecule has 4 heteroatoms. The summed E-state index contributed by atoms with van der Waals surface area (Å²) in [5.74, 6) is 0.0348. The molecule has 0 aliphatic carbocycles. The lowest BCUT2D eigenvalue weighted by Gasteiger charge is -2.14. The Morgan fingerprint density at radius 2 is 2.38 bits per heavy atom. The average molecular weight is 245 g/mol. The number of hydrogen-bond acceptors (Lipinski definition) is 1. The fraction of sp³-hybridized carbons (Fsp3) is 0.444. The summed E-state index contributed by atoms with van der Waals surface area (Å²) in [4.78, 5) is 16.2. The molecule has 1 N–H and O–H groups in total. The van der Waals surface area contributed by atoms with E-state index in [4.69, 9.17) is 0 Å². The molecule has 0 atom stereocenters. The number of aromatic nitrogens is 1. The maximum absolute atomic E-state index is 11.6. The summed E-state index contributed by atoms with van der Waals surface area (Å²) in [7, 11) is 1.81. The highest BCUT2D eigenvalue weighted by atomic mass is 79.9. The van der Waals surface area contributed by atoms with Crippen LogP contribution in [0.3, 0.4) is 0 Å². The van der Waals surface area contributed by atoms with Gasteiger partial charge in [-0.1, -0.05) is 6.92 Å². The molecule has 13 heavy (non-hydrogen) atoms. The quantitative estimate of drug-likeness (QED) is 0.871.